The van der Waals surface area contributed by atoms with Gasteiger partial charge in [-0.25, -0.2) is 4.98 Å². The van der Waals surface area contributed by atoms with Gasteiger partial charge in [-0.3, -0.25) is 4.79 Å². The number of hydrogen-bond acceptors (Lipinski definition) is 4. The minimum Gasteiger partial charge on any atom is -0.397 e. The standard InChI is InChI=1S/C14H17N3OS/c1-8-7-9(2)16-13-10(8)11(15)12(19-13)14(18)17-5-3-4-6-17/h7H,3-6,15H2,1-2H3. The Bertz CT molecular complexity index is 656. The molecule has 0 aromatic carbocycles. The number of aromatic nitrogens is 1. The number of nitrogens with two attached hydrogens (primary N) is 1. The maximum absolute atomic E-state index is 12.5. The van der Waals surface area contributed by atoms with Crippen LogP contribution in [-0.4, -0.2) is 28.9 Å². The van der Waals surface area contributed by atoms with Crippen molar-refractivity contribution >= 4 is 33.1 Å². The zero-order valence-electron chi connectivity index (χ0n) is 11.2. The van der Waals surface area contributed by atoms with Gasteiger partial charge in [0.25, 0.3) is 5.91 Å². The molecular weight excluding hydrogens is 258 g/mol. The molecule has 2 aromatic heterocycles. The second-order valence-corrected chi connectivity index (χ2v) is 6.10. The lowest BCUT2D eigenvalue weighted by molar-refractivity contribution is 0.0798. The molecule has 1 fully saturated rings. The first-order valence-electron chi connectivity index (χ1n) is 6.53. The fraction of sp³-hybridized carbons (Fsp3) is 0.429. The van der Waals surface area contributed by atoms with E-state index in [1.807, 2.05) is 24.8 Å². The van der Waals surface area contributed by atoms with Gasteiger partial charge in [-0.2, -0.15) is 0 Å². The van der Waals surface area contributed by atoms with Gasteiger partial charge in [0.15, 0.2) is 0 Å². The van der Waals surface area contributed by atoms with Crippen molar-refractivity contribution in [2.24, 2.45) is 0 Å². The molecular formula is C14H17N3OS. The maximum atomic E-state index is 12.5. The SMILES string of the molecule is Cc1cc(C)c2c(N)c(C(=O)N3CCCC3)sc2n1. The molecule has 1 amide bonds. The number of aryl methyl sites for hydroxylation is 2. The van der Waals surface area contributed by atoms with E-state index in [2.05, 4.69) is 4.98 Å². The molecule has 0 spiro atoms. The summed E-state index contributed by atoms with van der Waals surface area (Å²) in [5.74, 6) is 0.0649. The molecule has 4 nitrogen and oxygen atoms in total. The van der Waals surface area contributed by atoms with E-state index in [0.29, 0.717) is 10.6 Å². The second-order valence-electron chi connectivity index (χ2n) is 5.10. The summed E-state index contributed by atoms with van der Waals surface area (Å²) in [4.78, 5) is 20.4. The van der Waals surface area contributed by atoms with E-state index in [0.717, 1.165) is 47.4 Å². The summed E-state index contributed by atoms with van der Waals surface area (Å²) in [6.45, 7) is 5.67. The van der Waals surface area contributed by atoms with E-state index in [1.54, 1.807) is 0 Å². The Kier molecular flexibility index (Phi) is 2.93. The van der Waals surface area contributed by atoms with Crippen LogP contribution in [0.3, 0.4) is 0 Å². The van der Waals surface area contributed by atoms with Crippen LogP contribution in [0.15, 0.2) is 6.07 Å². The van der Waals surface area contributed by atoms with Gasteiger partial charge in [-0.15, -0.1) is 11.3 Å². The first-order valence-corrected chi connectivity index (χ1v) is 7.35. The van der Waals surface area contributed by atoms with E-state index in [4.69, 9.17) is 5.73 Å². The Labute approximate surface area is 116 Å². The Balaban J connectivity index is 2.12. The summed E-state index contributed by atoms with van der Waals surface area (Å²) in [5.41, 5.74) is 8.84. The Morgan fingerprint density at radius 3 is 2.74 bits per heavy atom. The Morgan fingerprint density at radius 2 is 2.05 bits per heavy atom. The molecule has 3 heterocycles. The molecule has 0 saturated carbocycles. The number of hydrogen-bond donors (Lipinski definition) is 1. The number of anilines is 1. The smallest absolute Gasteiger partial charge is 0.266 e. The second kappa shape index (κ2) is 4.49. The number of amides is 1. The summed E-state index contributed by atoms with van der Waals surface area (Å²) < 4.78 is 0. The number of nitrogen functional groups attached to an aromatic ring is 1. The highest BCUT2D eigenvalue weighted by atomic mass is 32.1. The average Bonchev–Trinajstić information content (AvgIpc) is 2.96. The van der Waals surface area contributed by atoms with Crippen molar-refractivity contribution in [3.05, 3.63) is 22.2 Å². The maximum Gasteiger partial charge on any atom is 0.266 e. The number of thiophene rings is 1. The van der Waals surface area contributed by atoms with Crippen LogP contribution in [0.5, 0.6) is 0 Å². The molecule has 1 saturated heterocycles. The topological polar surface area (TPSA) is 59.2 Å². The molecule has 1 aliphatic heterocycles. The quantitative estimate of drug-likeness (QED) is 0.870. The van der Waals surface area contributed by atoms with Crippen LogP contribution >= 0.6 is 11.3 Å². The first kappa shape index (κ1) is 12.4. The van der Waals surface area contributed by atoms with Gasteiger partial charge in [0.05, 0.1) is 5.69 Å². The van der Waals surface area contributed by atoms with Crippen LogP contribution < -0.4 is 5.73 Å². The average molecular weight is 275 g/mol. The molecule has 0 atom stereocenters. The molecule has 0 radical (unpaired) electrons. The van der Waals surface area contributed by atoms with Crippen molar-refractivity contribution in [2.75, 3.05) is 18.8 Å². The van der Waals surface area contributed by atoms with E-state index in [1.165, 1.54) is 11.3 Å². The molecule has 2 aromatic rings. The molecule has 0 unspecified atom stereocenters. The predicted molar refractivity (Wildman–Crippen MR) is 78.6 cm³/mol. The number of fused-ring (bicyclic) bond motifs is 1. The number of carbonyl (C=O) groups is 1. The first-order chi connectivity index (χ1) is 9.08. The minimum absolute atomic E-state index is 0.0649. The summed E-state index contributed by atoms with van der Waals surface area (Å²) >= 11 is 1.42. The van der Waals surface area contributed by atoms with E-state index >= 15 is 0 Å². The fourth-order valence-corrected chi connectivity index (χ4v) is 3.88. The zero-order chi connectivity index (χ0) is 13.6. The predicted octanol–water partition coefficient (Wildman–Crippen LogP) is 2.73. The van der Waals surface area contributed by atoms with Crippen molar-refractivity contribution in [1.29, 1.82) is 0 Å². The third-order valence-electron chi connectivity index (χ3n) is 3.61. The lowest BCUT2D eigenvalue weighted by Gasteiger charge is -2.14. The molecule has 2 N–H and O–H groups in total. The summed E-state index contributed by atoms with van der Waals surface area (Å²) in [6.07, 6.45) is 2.18. The van der Waals surface area contributed by atoms with Gasteiger partial charge in [0.2, 0.25) is 0 Å². The molecule has 100 valence electrons. The van der Waals surface area contributed by atoms with Crippen LogP contribution in [0, 0.1) is 13.8 Å². The molecule has 0 aliphatic carbocycles. The molecule has 1 aliphatic rings. The van der Waals surface area contributed by atoms with Gasteiger partial charge >= 0.3 is 0 Å². The molecule has 19 heavy (non-hydrogen) atoms. The number of pyridine rings is 1. The summed E-state index contributed by atoms with van der Waals surface area (Å²) in [6, 6.07) is 2.01. The minimum atomic E-state index is 0.0649. The highest BCUT2D eigenvalue weighted by Crippen LogP contribution is 2.36. The lowest BCUT2D eigenvalue weighted by Crippen LogP contribution is -2.27. The van der Waals surface area contributed by atoms with Crippen molar-refractivity contribution in [2.45, 2.75) is 26.7 Å². The van der Waals surface area contributed by atoms with Gasteiger partial charge in [0.1, 0.15) is 9.71 Å². The number of nitrogens with zero attached hydrogens (tertiary/aromatic N) is 2. The van der Waals surface area contributed by atoms with E-state index < -0.39 is 0 Å². The Morgan fingerprint density at radius 1 is 1.37 bits per heavy atom. The third-order valence-corrected chi connectivity index (χ3v) is 4.70. The highest BCUT2D eigenvalue weighted by Gasteiger charge is 2.25. The van der Waals surface area contributed by atoms with Crippen LogP contribution in [0.2, 0.25) is 0 Å². The third kappa shape index (κ3) is 1.98. The van der Waals surface area contributed by atoms with Crippen molar-refractivity contribution < 1.29 is 4.79 Å². The van der Waals surface area contributed by atoms with Crippen LogP contribution in [0.4, 0.5) is 5.69 Å². The molecule has 0 bridgehead atoms. The van der Waals surface area contributed by atoms with Crippen LogP contribution in [0.25, 0.3) is 10.2 Å². The zero-order valence-corrected chi connectivity index (χ0v) is 12.0. The van der Waals surface area contributed by atoms with Gasteiger partial charge < -0.3 is 10.6 Å². The van der Waals surface area contributed by atoms with Crippen molar-refractivity contribution in [1.82, 2.24) is 9.88 Å². The van der Waals surface area contributed by atoms with E-state index in [9.17, 15) is 4.79 Å². The lowest BCUT2D eigenvalue weighted by atomic mass is 10.1. The fourth-order valence-electron chi connectivity index (χ4n) is 2.69. The van der Waals surface area contributed by atoms with Gasteiger partial charge in [-0.05, 0) is 38.3 Å². The highest BCUT2D eigenvalue weighted by molar-refractivity contribution is 7.21. The van der Waals surface area contributed by atoms with E-state index in [-0.39, 0.29) is 5.91 Å². The van der Waals surface area contributed by atoms with Crippen LogP contribution in [-0.2, 0) is 0 Å². The largest absolute Gasteiger partial charge is 0.397 e. The number of rotatable bonds is 1. The number of carbonyl (C=O) groups excluding carboxylic acids is 1. The normalized spacial score (nSPS) is 15.4. The number of likely N-dealkylation sites (tertiary alicyclic amines) is 1. The summed E-state index contributed by atoms with van der Waals surface area (Å²) in [7, 11) is 0. The monoisotopic (exact) mass is 275 g/mol. The molecule has 3 rings (SSSR count). The molecule has 5 heteroatoms. The van der Waals surface area contributed by atoms with Gasteiger partial charge in [0, 0.05) is 24.2 Å². The van der Waals surface area contributed by atoms with Crippen LogP contribution in [0.1, 0.15) is 33.8 Å². The van der Waals surface area contributed by atoms with Crippen molar-refractivity contribution in [3.63, 3.8) is 0 Å². The van der Waals surface area contributed by atoms with Crippen molar-refractivity contribution in [3.8, 4) is 0 Å². The Hall–Kier alpha value is -1.62. The van der Waals surface area contributed by atoms with Gasteiger partial charge in [-0.1, -0.05) is 0 Å². The summed E-state index contributed by atoms with van der Waals surface area (Å²) in [5, 5.41) is 0.943.